The predicted molar refractivity (Wildman–Crippen MR) is 88.2 cm³/mol. The fourth-order valence-electron chi connectivity index (χ4n) is 2.93. The minimum absolute atomic E-state index is 0.212. The van der Waals surface area contributed by atoms with E-state index in [0.717, 1.165) is 11.9 Å². The molecular weight excluding hydrogens is 381 g/mol. The van der Waals surface area contributed by atoms with E-state index < -0.39 is 21.9 Å². The molecule has 2 rings (SSSR count). The van der Waals surface area contributed by atoms with E-state index in [2.05, 4.69) is 0 Å². The summed E-state index contributed by atoms with van der Waals surface area (Å²) in [6.45, 7) is 4.56. The molecule has 0 bridgehead atoms. The summed E-state index contributed by atoms with van der Waals surface area (Å²) in [6.07, 6.45) is -3.95. The van der Waals surface area contributed by atoms with Crippen molar-refractivity contribution in [2.45, 2.75) is 46.0 Å². The molecule has 0 atom stereocenters. The lowest BCUT2D eigenvalue weighted by molar-refractivity contribution is -0.678. The van der Waals surface area contributed by atoms with E-state index in [1.165, 1.54) is 6.07 Å². The third kappa shape index (κ3) is 4.45. The van der Waals surface area contributed by atoms with Gasteiger partial charge in [-0.1, -0.05) is 11.6 Å². The van der Waals surface area contributed by atoms with Gasteiger partial charge in [-0.05, 0) is 19.8 Å². The first kappa shape index (κ1) is 20.0. The van der Waals surface area contributed by atoms with E-state index in [1.54, 1.807) is 11.5 Å². The Bertz CT molecular complexity index is 892. The summed E-state index contributed by atoms with van der Waals surface area (Å²) in [5, 5.41) is -0.356. The van der Waals surface area contributed by atoms with Crippen LogP contribution in [0, 0.1) is 6.92 Å². The lowest BCUT2D eigenvalue weighted by Crippen LogP contribution is -2.36. The van der Waals surface area contributed by atoms with Crippen LogP contribution < -0.4 is 4.57 Å². The molecule has 1 heterocycles. The number of hydrogen-bond acceptors (Lipinski definition) is 2. The van der Waals surface area contributed by atoms with Crippen molar-refractivity contribution in [3.8, 4) is 0 Å². The van der Waals surface area contributed by atoms with Crippen molar-refractivity contribution in [2.75, 3.05) is 5.75 Å². The number of benzene rings is 1. The first-order valence-corrected chi connectivity index (χ1v) is 9.69. The Morgan fingerprint density at radius 3 is 2.44 bits per heavy atom. The standard InChI is InChI=1S/C15H18ClF3N2O3S/c1-3-20-10(2)21(6-4-5-7-25(22,23)24)13-8-11(15(17,18)19)12(16)9-14(13)20/h8-9H,3-7H2,1-2H3/p+1. The van der Waals surface area contributed by atoms with Crippen LogP contribution in [0.2, 0.25) is 5.02 Å². The summed E-state index contributed by atoms with van der Waals surface area (Å²) in [4.78, 5) is 0. The van der Waals surface area contributed by atoms with Gasteiger partial charge in [0.1, 0.15) is 0 Å². The molecule has 0 fully saturated rings. The van der Waals surface area contributed by atoms with Crippen LogP contribution in [0.1, 0.15) is 31.2 Å². The number of hydrogen-bond donors (Lipinski definition) is 1. The monoisotopic (exact) mass is 399 g/mol. The van der Waals surface area contributed by atoms with Gasteiger partial charge in [-0.2, -0.15) is 21.6 Å². The summed E-state index contributed by atoms with van der Waals surface area (Å²) >= 11 is 5.82. The minimum Gasteiger partial charge on any atom is -0.286 e. The van der Waals surface area contributed by atoms with Crippen molar-refractivity contribution in [3.05, 3.63) is 28.5 Å². The highest BCUT2D eigenvalue weighted by Gasteiger charge is 2.35. The van der Waals surface area contributed by atoms with Crippen molar-refractivity contribution in [1.82, 2.24) is 4.57 Å². The second-order valence-electron chi connectivity index (χ2n) is 5.75. The summed E-state index contributed by atoms with van der Waals surface area (Å²) in [5.41, 5.74) is 0.0808. The zero-order chi connectivity index (χ0) is 19.0. The normalized spacial score (nSPS) is 12.9. The molecule has 0 aliphatic carbocycles. The molecule has 25 heavy (non-hydrogen) atoms. The topological polar surface area (TPSA) is 63.2 Å². The summed E-state index contributed by atoms with van der Waals surface area (Å²) in [7, 11) is -4.04. The number of nitrogens with zero attached hydrogens (tertiary/aromatic N) is 2. The van der Waals surface area contributed by atoms with E-state index in [9.17, 15) is 21.6 Å². The molecule has 0 amide bonds. The maximum atomic E-state index is 13.1. The largest absolute Gasteiger partial charge is 0.418 e. The van der Waals surface area contributed by atoms with Gasteiger partial charge >= 0.3 is 6.18 Å². The molecule has 0 spiro atoms. The zero-order valence-electron chi connectivity index (χ0n) is 13.8. The van der Waals surface area contributed by atoms with Crippen molar-refractivity contribution in [1.29, 1.82) is 0 Å². The molecule has 0 unspecified atom stereocenters. The average Bonchev–Trinajstić information content (AvgIpc) is 2.71. The van der Waals surface area contributed by atoms with Crippen LogP contribution in [-0.4, -0.2) is 23.3 Å². The number of rotatable bonds is 6. The molecule has 140 valence electrons. The Morgan fingerprint density at radius 1 is 1.28 bits per heavy atom. The zero-order valence-corrected chi connectivity index (χ0v) is 15.3. The smallest absolute Gasteiger partial charge is 0.286 e. The Kier molecular flexibility index (Phi) is 5.70. The molecule has 0 radical (unpaired) electrons. The first-order chi connectivity index (χ1) is 11.5. The number of aryl methyl sites for hydroxylation is 2. The van der Waals surface area contributed by atoms with Crippen molar-refractivity contribution >= 4 is 32.8 Å². The van der Waals surface area contributed by atoms with E-state index in [4.69, 9.17) is 16.2 Å². The average molecular weight is 400 g/mol. The van der Waals surface area contributed by atoms with E-state index in [0.29, 0.717) is 30.5 Å². The first-order valence-electron chi connectivity index (χ1n) is 7.70. The fourth-order valence-corrected chi connectivity index (χ4v) is 3.77. The van der Waals surface area contributed by atoms with Crippen molar-refractivity contribution in [3.63, 3.8) is 0 Å². The van der Waals surface area contributed by atoms with Crippen LogP contribution in [0.4, 0.5) is 13.2 Å². The second-order valence-corrected chi connectivity index (χ2v) is 7.73. The quantitative estimate of drug-likeness (QED) is 0.458. The number of alkyl halides is 3. The lowest BCUT2D eigenvalue weighted by Gasteiger charge is -2.08. The molecule has 0 aliphatic rings. The van der Waals surface area contributed by atoms with Crippen LogP contribution in [0.3, 0.4) is 0 Å². The molecule has 1 aromatic carbocycles. The highest BCUT2D eigenvalue weighted by Crippen LogP contribution is 2.36. The Morgan fingerprint density at radius 2 is 1.92 bits per heavy atom. The Balaban J connectivity index is 2.46. The minimum atomic E-state index is -4.56. The number of imidazole rings is 1. The van der Waals surface area contributed by atoms with Crippen LogP contribution in [-0.2, 0) is 29.4 Å². The maximum absolute atomic E-state index is 13.1. The third-order valence-electron chi connectivity index (χ3n) is 4.08. The van der Waals surface area contributed by atoms with Gasteiger partial charge in [0.05, 0.1) is 29.4 Å². The van der Waals surface area contributed by atoms with Crippen molar-refractivity contribution in [2.24, 2.45) is 0 Å². The maximum Gasteiger partial charge on any atom is 0.418 e. The van der Waals surface area contributed by atoms with E-state index in [-0.39, 0.29) is 17.2 Å². The van der Waals surface area contributed by atoms with Crippen LogP contribution in [0.5, 0.6) is 0 Å². The molecular formula is C15H19ClF3N2O3S+. The van der Waals surface area contributed by atoms with Gasteiger partial charge in [-0.3, -0.25) is 4.55 Å². The molecule has 1 aromatic heterocycles. The van der Waals surface area contributed by atoms with Crippen LogP contribution in [0.25, 0.3) is 11.0 Å². The van der Waals surface area contributed by atoms with Crippen molar-refractivity contribution < 1.29 is 30.7 Å². The van der Waals surface area contributed by atoms with Crippen LogP contribution >= 0.6 is 11.6 Å². The fraction of sp³-hybridized carbons (Fsp3) is 0.533. The molecule has 2 aromatic rings. The Hall–Kier alpha value is -1.32. The van der Waals surface area contributed by atoms with Gasteiger partial charge < -0.3 is 0 Å². The number of fused-ring (bicyclic) bond motifs is 1. The molecule has 0 saturated carbocycles. The Labute approximate surface area is 148 Å². The molecule has 0 saturated heterocycles. The second kappa shape index (κ2) is 7.13. The number of halogens is 4. The number of unbranched alkanes of at least 4 members (excludes halogenated alkanes) is 1. The molecule has 5 nitrogen and oxygen atoms in total. The van der Waals surface area contributed by atoms with E-state index in [1.807, 2.05) is 11.5 Å². The molecule has 1 N–H and O–H groups in total. The van der Waals surface area contributed by atoms with Gasteiger partial charge in [0.15, 0.2) is 11.0 Å². The van der Waals surface area contributed by atoms with Gasteiger partial charge in [0, 0.05) is 19.1 Å². The summed E-state index contributed by atoms with van der Waals surface area (Å²) in [6, 6.07) is 2.34. The van der Waals surface area contributed by atoms with Gasteiger partial charge in [-0.15, -0.1) is 0 Å². The van der Waals surface area contributed by atoms with E-state index >= 15 is 0 Å². The molecule has 0 aliphatic heterocycles. The SMILES string of the molecule is CCn1c(C)[n+](CCCCS(=O)(=O)O)c2cc(C(F)(F)F)c(Cl)cc21. The third-order valence-corrected chi connectivity index (χ3v) is 5.20. The predicted octanol–water partition coefficient (Wildman–Crippen LogP) is 3.60. The lowest BCUT2D eigenvalue weighted by atomic mass is 10.2. The van der Waals surface area contributed by atoms with Crippen LogP contribution in [0.15, 0.2) is 12.1 Å². The van der Waals surface area contributed by atoms with Gasteiger partial charge in [-0.25, -0.2) is 9.13 Å². The summed E-state index contributed by atoms with van der Waals surface area (Å²) < 4.78 is 73.3. The number of aromatic nitrogens is 2. The van der Waals surface area contributed by atoms with Gasteiger partial charge in [0.2, 0.25) is 0 Å². The highest BCUT2D eigenvalue weighted by molar-refractivity contribution is 7.85. The van der Waals surface area contributed by atoms with Gasteiger partial charge in [0.25, 0.3) is 15.9 Å². The summed E-state index contributed by atoms with van der Waals surface area (Å²) in [5.74, 6) is 0.373. The highest BCUT2D eigenvalue weighted by atomic mass is 35.5. The molecule has 10 heteroatoms.